The summed E-state index contributed by atoms with van der Waals surface area (Å²) >= 11 is 0. The first-order valence-electron chi connectivity index (χ1n) is 34.8. The summed E-state index contributed by atoms with van der Waals surface area (Å²) in [6.45, 7) is 4.86. The molecule has 0 saturated heterocycles. The van der Waals surface area contributed by atoms with E-state index in [1.54, 1.807) is 0 Å². The molecule has 0 aliphatic rings. The van der Waals surface area contributed by atoms with Crippen molar-refractivity contribution in [1.82, 2.24) is 0 Å². The summed E-state index contributed by atoms with van der Waals surface area (Å²) in [7, 11) is 5.97. The van der Waals surface area contributed by atoms with Crippen LogP contribution >= 0.6 is 0 Å². The van der Waals surface area contributed by atoms with Crippen molar-refractivity contribution in [1.29, 1.82) is 0 Å². The van der Waals surface area contributed by atoms with Crippen LogP contribution in [0.5, 0.6) is 0 Å². The third kappa shape index (κ3) is 64.7. The van der Waals surface area contributed by atoms with Crippen molar-refractivity contribution in [2.24, 2.45) is 0 Å². The molecule has 0 heterocycles. The number of carboxylic acid groups (broad SMARTS) is 1. The first kappa shape index (κ1) is 78.2. The number of unbranched alkanes of at least 4 members (excludes halogenated alkanes) is 42. The molecule has 81 heavy (non-hydrogen) atoms. The van der Waals surface area contributed by atoms with E-state index in [0.29, 0.717) is 11.0 Å². The molecule has 9 nitrogen and oxygen atoms in total. The third-order valence-electron chi connectivity index (χ3n) is 15.6. The number of carboxylic acids is 1. The molecule has 0 radical (unpaired) electrons. The Balaban J connectivity index is 3.91. The number of nitrogens with zero attached hydrogens (tertiary/aromatic N) is 1. The van der Waals surface area contributed by atoms with E-state index in [1.165, 1.54) is 238 Å². The maximum atomic E-state index is 12.9. The lowest BCUT2D eigenvalue weighted by Gasteiger charge is -2.25. The SMILES string of the molecule is CCCCC/C=C\C/C=C\CCCCCCCC(=O)OCC(COC(OCC[N+](C)(C)C)C(=O)O)OC(=O)CCCCCCCCCCCCCCCCCCCCCCCCCCCCCCC/C=C\C/C=C\CCCCCCC. The highest BCUT2D eigenvalue weighted by molar-refractivity contribution is 5.71. The molecular weight excluding hydrogens is 1010 g/mol. The molecule has 474 valence electrons. The Kier molecular flexibility index (Phi) is 61.1. The van der Waals surface area contributed by atoms with E-state index >= 15 is 0 Å². The molecule has 2 unspecified atom stereocenters. The highest BCUT2D eigenvalue weighted by Gasteiger charge is 2.25. The summed E-state index contributed by atoms with van der Waals surface area (Å²) in [5, 5.41) is 9.72. The van der Waals surface area contributed by atoms with E-state index < -0.39 is 24.3 Å². The Morgan fingerprint density at radius 3 is 1.00 bits per heavy atom. The maximum Gasteiger partial charge on any atom is 0.361 e. The summed E-state index contributed by atoms with van der Waals surface area (Å²) in [4.78, 5) is 37.5. The smallest absolute Gasteiger partial charge is 0.361 e. The van der Waals surface area contributed by atoms with E-state index in [4.69, 9.17) is 18.9 Å². The molecule has 0 aromatic heterocycles. The van der Waals surface area contributed by atoms with Crippen molar-refractivity contribution < 1.29 is 42.9 Å². The average Bonchev–Trinajstić information content (AvgIpc) is 3.44. The highest BCUT2D eigenvalue weighted by atomic mass is 16.7. The van der Waals surface area contributed by atoms with E-state index in [1.807, 2.05) is 21.1 Å². The lowest BCUT2D eigenvalue weighted by atomic mass is 10.0. The van der Waals surface area contributed by atoms with Crippen molar-refractivity contribution in [3.05, 3.63) is 48.6 Å². The Labute approximate surface area is 502 Å². The van der Waals surface area contributed by atoms with Crippen molar-refractivity contribution in [2.45, 2.75) is 347 Å². The van der Waals surface area contributed by atoms with E-state index in [-0.39, 0.29) is 38.6 Å². The zero-order valence-corrected chi connectivity index (χ0v) is 54.2. The van der Waals surface area contributed by atoms with Gasteiger partial charge < -0.3 is 28.5 Å². The molecule has 0 spiro atoms. The van der Waals surface area contributed by atoms with Crippen molar-refractivity contribution in [2.75, 3.05) is 47.5 Å². The molecule has 0 fully saturated rings. The summed E-state index contributed by atoms with van der Waals surface area (Å²) in [5.41, 5.74) is 0. The minimum atomic E-state index is -1.51. The molecular formula is C72H134NO8+. The second-order valence-electron chi connectivity index (χ2n) is 24.8. The van der Waals surface area contributed by atoms with E-state index in [2.05, 4.69) is 62.5 Å². The summed E-state index contributed by atoms with van der Waals surface area (Å²) in [6.07, 6.45) is 78.3. The van der Waals surface area contributed by atoms with Crippen molar-refractivity contribution in [3.8, 4) is 0 Å². The first-order chi connectivity index (χ1) is 39.6. The molecule has 9 heteroatoms. The van der Waals surface area contributed by atoms with Crippen LogP contribution in [-0.2, 0) is 33.3 Å². The second kappa shape index (κ2) is 63.3. The minimum absolute atomic E-state index is 0.186. The predicted molar refractivity (Wildman–Crippen MR) is 346 cm³/mol. The number of allylic oxidation sites excluding steroid dienone is 8. The normalized spacial score (nSPS) is 13.0. The van der Waals surface area contributed by atoms with E-state index in [9.17, 15) is 19.5 Å². The van der Waals surface area contributed by atoms with Crippen LogP contribution in [0.2, 0.25) is 0 Å². The van der Waals surface area contributed by atoms with E-state index in [0.717, 1.165) is 70.6 Å². The number of hydrogen-bond acceptors (Lipinski definition) is 7. The van der Waals surface area contributed by atoms with Gasteiger partial charge in [0.05, 0.1) is 34.4 Å². The number of hydrogen-bond donors (Lipinski definition) is 1. The fraction of sp³-hybridized carbons (Fsp3) is 0.847. The molecule has 0 aromatic rings. The number of esters is 2. The number of likely N-dealkylation sites (N-methyl/N-ethyl adjacent to an activating group) is 1. The molecule has 0 amide bonds. The number of carbonyl (C=O) groups excluding carboxylic acids is 2. The summed E-state index contributed by atoms with van der Waals surface area (Å²) < 4.78 is 22.9. The number of aliphatic carboxylic acids is 1. The monoisotopic (exact) mass is 1140 g/mol. The Bertz CT molecular complexity index is 1470. The lowest BCUT2D eigenvalue weighted by molar-refractivity contribution is -0.870. The van der Waals surface area contributed by atoms with Crippen LogP contribution in [0.4, 0.5) is 0 Å². The minimum Gasteiger partial charge on any atom is -0.477 e. The van der Waals surface area contributed by atoms with Gasteiger partial charge in [-0.1, -0.05) is 294 Å². The fourth-order valence-corrected chi connectivity index (χ4v) is 10.2. The second-order valence-corrected chi connectivity index (χ2v) is 24.8. The van der Waals surface area contributed by atoms with Gasteiger partial charge in [0.1, 0.15) is 13.2 Å². The standard InChI is InChI=1S/C72H133NO8/c1-6-8-10-12-14-16-18-20-22-23-24-25-26-27-28-29-30-31-32-33-34-35-36-37-38-39-40-41-42-43-44-45-46-47-49-51-53-55-57-59-61-63-70(75)81-68(67-80-72(71(76)77)78-65-64-73(3,4)5)66-79-69(74)62-60-58-56-54-52-50-48-21-19-17-15-13-11-9-7-2/h15,17-18,20-21,23-24,48,68,72H,6-14,16,19,22,25-47,49-67H2,1-5H3/p+1/b17-15-,20-18-,24-23-,48-21-. The Morgan fingerprint density at radius 2 is 0.667 bits per heavy atom. The van der Waals surface area contributed by atoms with Gasteiger partial charge in [-0.15, -0.1) is 0 Å². The molecule has 0 aliphatic heterocycles. The largest absolute Gasteiger partial charge is 0.477 e. The molecule has 0 rings (SSSR count). The topological polar surface area (TPSA) is 108 Å². The number of ether oxygens (including phenoxy) is 4. The first-order valence-corrected chi connectivity index (χ1v) is 34.8. The zero-order valence-electron chi connectivity index (χ0n) is 54.2. The molecule has 0 aromatic carbocycles. The summed E-state index contributed by atoms with van der Waals surface area (Å²) in [5.74, 6) is -2.01. The van der Waals surface area contributed by atoms with Gasteiger partial charge >= 0.3 is 17.9 Å². The van der Waals surface area contributed by atoms with Gasteiger partial charge in [0.25, 0.3) is 6.29 Å². The van der Waals surface area contributed by atoms with Gasteiger partial charge in [0.15, 0.2) is 6.10 Å². The van der Waals surface area contributed by atoms with Gasteiger partial charge in [-0.3, -0.25) is 9.59 Å². The van der Waals surface area contributed by atoms with Crippen LogP contribution < -0.4 is 0 Å². The third-order valence-corrected chi connectivity index (χ3v) is 15.6. The molecule has 0 aliphatic carbocycles. The fourth-order valence-electron chi connectivity index (χ4n) is 10.2. The van der Waals surface area contributed by atoms with Gasteiger partial charge in [0, 0.05) is 12.8 Å². The van der Waals surface area contributed by atoms with Crippen LogP contribution in [0.15, 0.2) is 48.6 Å². The Hall–Kier alpha value is -2.75. The maximum absolute atomic E-state index is 12.9. The Morgan fingerprint density at radius 1 is 0.370 bits per heavy atom. The molecule has 2 atom stereocenters. The van der Waals surface area contributed by atoms with Crippen LogP contribution in [0, 0.1) is 0 Å². The van der Waals surface area contributed by atoms with Gasteiger partial charge in [-0.2, -0.15) is 0 Å². The van der Waals surface area contributed by atoms with Crippen LogP contribution in [0.25, 0.3) is 0 Å². The van der Waals surface area contributed by atoms with Gasteiger partial charge in [-0.25, -0.2) is 4.79 Å². The highest BCUT2D eigenvalue weighted by Crippen LogP contribution is 2.18. The van der Waals surface area contributed by atoms with Gasteiger partial charge in [0.2, 0.25) is 0 Å². The van der Waals surface area contributed by atoms with Crippen molar-refractivity contribution >= 4 is 17.9 Å². The molecule has 0 saturated carbocycles. The molecule has 0 bridgehead atoms. The quantitative estimate of drug-likeness (QED) is 0.0211. The number of quaternary nitrogens is 1. The zero-order chi connectivity index (χ0) is 59.1. The number of carbonyl (C=O) groups is 3. The van der Waals surface area contributed by atoms with Crippen LogP contribution in [-0.4, -0.2) is 87.4 Å². The van der Waals surface area contributed by atoms with Crippen LogP contribution in [0.1, 0.15) is 335 Å². The molecule has 1 N–H and O–H groups in total. The number of rotatable bonds is 65. The average molecular weight is 1140 g/mol. The summed E-state index contributed by atoms with van der Waals surface area (Å²) in [6, 6.07) is 0. The van der Waals surface area contributed by atoms with Gasteiger partial charge in [-0.05, 0) is 77.0 Å². The lowest BCUT2D eigenvalue weighted by Crippen LogP contribution is -2.40. The van der Waals surface area contributed by atoms with Crippen LogP contribution in [0.3, 0.4) is 0 Å². The van der Waals surface area contributed by atoms with Crippen molar-refractivity contribution in [3.63, 3.8) is 0 Å². The predicted octanol–water partition coefficient (Wildman–Crippen LogP) is 21.4.